The Morgan fingerprint density at radius 3 is 2.71 bits per heavy atom. The van der Waals surface area contributed by atoms with Crippen molar-refractivity contribution in [3.63, 3.8) is 0 Å². The summed E-state index contributed by atoms with van der Waals surface area (Å²) < 4.78 is 2.00. The zero-order valence-electron chi connectivity index (χ0n) is 9.94. The summed E-state index contributed by atoms with van der Waals surface area (Å²) in [5, 5.41) is 8.99. The quantitative estimate of drug-likeness (QED) is 0.910. The van der Waals surface area contributed by atoms with Crippen molar-refractivity contribution < 1.29 is 0 Å². The Labute approximate surface area is 105 Å². The molecule has 1 aromatic heterocycles. The van der Waals surface area contributed by atoms with Crippen LogP contribution in [0.1, 0.15) is 18.3 Å². The summed E-state index contributed by atoms with van der Waals surface area (Å²) in [5.74, 6) is 1.61. The maximum Gasteiger partial charge on any atom is 0.164 e. The number of hydrogen-bond acceptors (Lipinski definition) is 3. The number of nitrogens with two attached hydrogens (primary N) is 1. The third-order valence-corrected chi connectivity index (χ3v) is 3.16. The van der Waals surface area contributed by atoms with E-state index in [2.05, 4.69) is 10.2 Å². The van der Waals surface area contributed by atoms with E-state index in [1.165, 1.54) is 0 Å². The van der Waals surface area contributed by atoms with Crippen LogP contribution in [-0.4, -0.2) is 14.8 Å². The fraction of sp³-hybridized carbons (Fsp3) is 0.333. The summed E-state index contributed by atoms with van der Waals surface area (Å²) in [4.78, 5) is 0. The lowest BCUT2D eigenvalue weighted by Crippen LogP contribution is -2.08. The summed E-state index contributed by atoms with van der Waals surface area (Å²) >= 11 is 6.12. The molecule has 0 saturated carbocycles. The molecular formula is C12H15ClN4. The average Bonchev–Trinajstić information content (AvgIpc) is 2.75. The molecule has 0 saturated heterocycles. The highest BCUT2D eigenvalue weighted by Gasteiger charge is 2.11. The van der Waals surface area contributed by atoms with Crippen LogP contribution < -0.4 is 5.73 Å². The Balaban J connectivity index is 2.52. The highest BCUT2D eigenvalue weighted by Crippen LogP contribution is 2.24. The van der Waals surface area contributed by atoms with Crippen molar-refractivity contribution in [3.05, 3.63) is 34.6 Å². The smallest absolute Gasteiger partial charge is 0.164 e. The van der Waals surface area contributed by atoms with Crippen molar-refractivity contribution in [2.75, 3.05) is 0 Å². The standard InChI is InChI=1S/C12H15ClN4/c1-3-17-11(7-14)15-16-12(17)9-5-4-8(2)10(13)6-9/h4-6H,3,7,14H2,1-2H3. The zero-order valence-corrected chi connectivity index (χ0v) is 10.7. The van der Waals surface area contributed by atoms with Gasteiger partial charge in [0.25, 0.3) is 0 Å². The third kappa shape index (κ3) is 2.18. The second-order valence-electron chi connectivity index (χ2n) is 3.85. The van der Waals surface area contributed by atoms with Crippen molar-refractivity contribution in [1.29, 1.82) is 0 Å². The summed E-state index contributed by atoms with van der Waals surface area (Å²) in [6, 6.07) is 5.89. The molecule has 0 atom stereocenters. The molecule has 1 aromatic carbocycles. The van der Waals surface area contributed by atoms with Crippen molar-refractivity contribution >= 4 is 11.6 Å². The van der Waals surface area contributed by atoms with E-state index >= 15 is 0 Å². The minimum absolute atomic E-state index is 0.389. The average molecular weight is 251 g/mol. The summed E-state index contributed by atoms with van der Waals surface area (Å²) in [7, 11) is 0. The van der Waals surface area contributed by atoms with Crippen LogP contribution in [0, 0.1) is 6.92 Å². The predicted octanol–water partition coefficient (Wildman–Crippen LogP) is 2.39. The molecule has 0 amide bonds. The van der Waals surface area contributed by atoms with Crippen molar-refractivity contribution in [1.82, 2.24) is 14.8 Å². The zero-order chi connectivity index (χ0) is 12.4. The molecule has 0 aliphatic carbocycles. The van der Waals surface area contributed by atoms with E-state index < -0.39 is 0 Å². The Morgan fingerprint density at radius 2 is 2.12 bits per heavy atom. The second-order valence-corrected chi connectivity index (χ2v) is 4.26. The Hall–Kier alpha value is -1.39. The van der Waals surface area contributed by atoms with Crippen LogP contribution in [0.15, 0.2) is 18.2 Å². The topological polar surface area (TPSA) is 56.7 Å². The van der Waals surface area contributed by atoms with E-state index in [9.17, 15) is 0 Å². The number of rotatable bonds is 3. The third-order valence-electron chi connectivity index (χ3n) is 2.76. The largest absolute Gasteiger partial charge is 0.324 e. The molecular weight excluding hydrogens is 236 g/mol. The number of benzene rings is 1. The lowest BCUT2D eigenvalue weighted by molar-refractivity contribution is 0.704. The summed E-state index contributed by atoms with van der Waals surface area (Å²) in [6.45, 7) is 5.20. The van der Waals surface area contributed by atoms with Gasteiger partial charge in [0.1, 0.15) is 5.82 Å². The van der Waals surface area contributed by atoms with E-state index in [4.69, 9.17) is 17.3 Å². The maximum absolute atomic E-state index is 6.12. The molecule has 0 fully saturated rings. The molecule has 5 heteroatoms. The van der Waals surface area contributed by atoms with Gasteiger partial charge in [-0.05, 0) is 25.5 Å². The van der Waals surface area contributed by atoms with Gasteiger partial charge in [-0.15, -0.1) is 10.2 Å². The van der Waals surface area contributed by atoms with Crippen molar-refractivity contribution in [2.24, 2.45) is 5.73 Å². The van der Waals surface area contributed by atoms with E-state index in [1.54, 1.807) is 0 Å². The first-order valence-electron chi connectivity index (χ1n) is 5.56. The predicted molar refractivity (Wildman–Crippen MR) is 68.8 cm³/mol. The number of nitrogens with zero attached hydrogens (tertiary/aromatic N) is 3. The van der Waals surface area contributed by atoms with Crippen LogP contribution in [-0.2, 0) is 13.1 Å². The number of aryl methyl sites for hydroxylation is 1. The summed E-state index contributed by atoms with van der Waals surface area (Å²) in [6.07, 6.45) is 0. The monoisotopic (exact) mass is 250 g/mol. The fourth-order valence-electron chi connectivity index (χ4n) is 1.76. The normalized spacial score (nSPS) is 10.8. The molecule has 0 spiro atoms. The van der Waals surface area contributed by atoms with Crippen LogP contribution in [0.25, 0.3) is 11.4 Å². The van der Waals surface area contributed by atoms with Gasteiger partial charge in [0, 0.05) is 17.1 Å². The minimum Gasteiger partial charge on any atom is -0.324 e. The second kappa shape index (κ2) is 4.85. The molecule has 90 valence electrons. The molecule has 0 unspecified atom stereocenters. The lowest BCUT2D eigenvalue weighted by atomic mass is 10.1. The van der Waals surface area contributed by atoms with Crippen LogP contribution in [0.5, 0.6) is 0 Å². The first-order valence-corrected chi connectivity index (χ1v) is 5.93. The number of hydrogen-bond donors (Lipinski definition) is 1. The fourth-order valence-corrected chi connectivity index (χ4v) is 1.94. The Kier molecular flexibility index (Phi) is 3.45. The maximum atomic E-state index is 6.12. The van der Waals surface area contributed by atoms with Crippen LogP contribution in [0.2, 0.25) is 5.02 Å². The van der Waals surface area contributed by atoms with Crippen molar-refractivity contribution in [2.45, 2.75) is 26.9 Å². The highest BCUT2D eigenvalue weighted by molar-refractivity contribution is 6.31. The van der Waals surface area contributed by atoms with Crippen LogP contribution in [0.3, 0.4) is 0 Å². The lowest BCUT2D eigenvalue weighted by Gasteiger charge is -2.07. The van der Waals surface area contributed by atoms with Crippen LogP contribution >= 0.6 is 11.6 Å². The number of aromatic nitrogens is 3. The number of halogens is 1. The molecule has 17 heavy (non-hydrogen) atoms. The van der Waals surface area contributed by atoms with E-state index in [0.717, 1.165) is 34.3 Å². The Morgan fingerprint density at radius 1 is 1.35 bits per heavy atom. The van der Waals surface area contributed by atoms with Gasteiger partial charge in [-0.1, -0.05) is 23.7 Å². The molecule has 0 aliphatic heterocycles. The molecule has 1 heterocycles. The molecule has 4 nitrogen and oxygen atoms in total. The van der Waals surface area contributed by atoms with Gasteiger partial charge in [0.15, 0.2) is 5.82 Å². The van der Waals surface area contributed by atoms with E-state index in [0.29, 0.717) is 6.54 Å². The molecule has 2 rings (SSSR count). The van der Waals surface area contributed by atoms with Gasteiger partial charge in [-0.25, -0.2) is 0 Å². The van der Waals surface area contributed by atoms with Gasteiger partial charge in [-0.3, -0.25) is 0 Å². The van der Waals surface area contributed by atoms with E-state index in [-0.39, 0.29) is 0 Å². The van der Waals surface area contributed by atoms with Gasteiger partial charge in [0.2, 0.25) is 0 Å². The van der Waals surface area contributed by atoms with E-state index in [1.807, 2.05) is 36.6 Å². The van der Waals surface area contributed by atoms with Gasteiger partial charge >= 0.3 is 0 Å². The molecule has 0 radical (unpaired) electrons. The van der Waals surface area contributed by atoms with Gasteiger partial charge < -0.3 is 10.3 Å². The molecule has 0 aliphatic rings. The van der Waals surface area contributed by atoms with Gasteiger partial charge in [-0.2, -0.15) is 0 Å². The SMILES string of the molecule is CCn1c(CN)nnc1-c1ccc(C)c(Cl)c1. The first kappa shape index (κ1) is 12.1. The highest BCUT2D eigenvalue weighted by atomic mass is 35.5. The first-order chi connectivity index (χ1) is 8.17. The van der Waals surface area contributed by atoms with Gasteiger partial charge in [0.05, 0.1) is 6.54 Å². The minimum atomic E-state index is 0.389. The summed E-state index contributed by atoms with van der Waals surface area (Å²) in [5.41, 5.74) is 7.64. The molecule has 2 aromatic rings. The molecule has 0 bridgehead atoms. The molecule has 2 N–H and O–H groups in total. The van der Waals surface area contributed by atoms with Crippen LogP contribution in [0.4, 0.5) is 0 Å². The van der Waals surface area contributed by atoms with Crippen molar-refractivity contribution in [3.8, 4) is 11.4 Å². The Bertz CT molecular complexity index is 533.